The summed E-state index contributed by atoms with van der Waals surface area (Å²) in [5.41, 5.74) is 0.416. The number of carbonyl (C=O) groups is 2. The van der Waals surface area contributed by atoms with Gasteiger partial charge in [-0.25, -0.2) is 9.78 Å². The number of anilines is 2. The first-order valence-electron chi connectivity index (χ1n) is 13.2. The standard InChI is InChI=1S/C29H35F3N6O3/c1-27(2)15-21(16-28(3,4)38(27)6)41-20-11-12-22(33-17-20)23(39)13-18-7-9-19(10-8-18)34-26(40)35-25-14-24(29(30,31)32)37(5)36-25/h7-12,14,17,21H,13,15-16H2,1-6H3,(H2,34,35,36,40). The second kappa shape index (κ2) is 11.2. The van der Waals surface area contributed by atoms with E-state index >= 15 is 0 Å². The Hall–Kier alpha value is -3.93. The van der Waals surface area contributed by atoms with E-state index in [0.717, 1.165) is 26.0 Å². The minimum absolute atomic E-state index is 0.00953. The number of Topliss-reactive ketones (excluding diaryl/α,β-unsaturated/α-hetero) is 1. The van der Waals surface area contributed by atoms with E-state index < -0.39 is 17.9 Å². The number of hydrogen-bond acceptors (Lipinski definition) is 6. The van der Waals surface area contributed by atoms with Crippen molar-refractivity contribution in [2.45, 2.75) is 70.3 Å². The topological polar surface area (TPSA) is 101 Å². The highest BCUT2D eigenvalue weighted by Gasteiger charge is 2.44. The first-order chi connectivity index (χ1) is 19.0. The minimum atomic E-state index is -4.59. The van der Waals surface area contributed by atoms with Gasteiger partial charge in [-0.05, 0) is 64.6 Å². The largest absolute Gasteiger partial charge is 0.489 e. The predicted octanol–water partition coefficient (Wildman–Crippen LogP) is 5.93. The third-order valence-corrected chi connectivity index (χ3v) is 7.58. The molecule has 1 saturated heterocycles. The number of pyridine rings is 1. The number of ether oxygens (including phenoxy) is 1. The molecule has 3 heterocycles. The number of halogens is 3. The van der Waals surface area contributed by atoms with Crippen LogP contribution in [-0.2, 0) is 19.6 Å². The van der Waals surface area contributed by atoms with Crippen LogP contribution in [0.2, 0.25) is 0 Å². The molecule has 2 amide bonds. The highest BCUT2D eigenvalue weighted by molar-refractivity contribution is 5.99. The molecule has 2 N–H and O–H groups in total. The molecule has 0 unspecified atom stereocenters. The number of aromatic nitrogens is 3. The van der Waals surface area contributed by atoms with Gasteiger partial charge in [0.15, 0.2) is 11.6 Å². The Bertz CT molecular complexity index is 1380. The SMILES string of the molecule is CN1C(C)(C)CC(Oc2ccc(C(=O)Cc3ccc(NC(=O)Nc4cc(C(F)(F)F)n(C)n4)cc3)nc2)CC1(C)C. The molecule has 1 aliphatic rings. The lowest BCUT2D eigenvalue weighted by atomic mass is 9.79. The van der Waals surface area contributed by atoms with E-state index in [1.165, 1.54) is 0 Å². The van der Waals surface area contributed by atoms with Crippen molar-refractivity contribution in [1.29, 1.82) is 0 Å². The summed E-state index contributed by atoms with van der Waals surface area (Å²) in [5.74, 6) is 0.214. The number of ketones is 1. The predicted molar refractivity (Wildman–Crippen MR) is 149 cm³/mol. The van der Waals surface area contributed by atoms with Gasteiger partial charge in [-0.2, -0.15) is 18.3 Å². The Balaban J connectivity index is 1.30. The molecule has 0 atom stereocenters. The molecular weight excluding hydrogens is 537 g/mol. The summed E-state index contributed by atoms with van der Waals surface area (Å²) in [4.78, 5) is 31.7. The second-order valence-corrected chi connectivity index (χ2v) is 11.6. The molecular formula is C29H35F3N6O3. The van der Waals surface area contributed by atoms with Crippen LogP contribution in [0.25, 0.3) is 0 Å². The van der Waals surface area contributed by atoms with E-state index in [0.29, 0.717) is 27.4 Å². The van der Waals surface area contributed by atoms with Crippen molar-refractivity contribution in [2.75, 3.05) is 17.7 Å². The molecule has 0 aliphatic carbocycles. The van der Waals surface area contributed by atoms with E-state index in [9.17, 15) is 22.8 Å². The van der Waals surface area contributed by atoms with Gasteiger partial charge in [0.25, 0.3) is 0 Å². The number of urea groups is 1. The average molecular weight is 573 g/mol. The van der Waals surface area contributed by atoms with Gasteiger partial charge in [-0.15, -0.1) is 0 Å². The smallest absolute Gasteiger partial charge is 0.433 e. The molecule has 4 rings (SSSR count). The number of hydrogen-bond donors (Lipinski definition) is 2. The number of nitrogens with zero attached hydrogens (tertiary/aromatic N) is 4. The lowest BCUT2D eigenvalue weighted by molar-refractivity contribution is -0.143. The fourth-order valence-electron chi connectivity index (χ4n) is 5.22. The molecule has 0 spiro atoms. The summed E-state index contributed by atoms with van der Waals surface area (Å²) in [7, 11) is 3.28. The maximum absolute atomic E-state index is 12.9. The number of nitrogens with one attached hydrogen (secondary N) is 2. The van der Waals surface area contributed by atoms with E-state index in [1.54, 1.807) is 42.6 Å². The van der Waals surface area contributed by atoms with Crippen molar-refractivity contribution in [3.05, 3.63) is 65.6 Å². The molecule has 2 aromatic heterocycles. The summed E-state index contributed by atoms with van der Waals surface area (Å²) in [6.45, 7) is 8.83. The number of amides is 2. The Morgan fingerprint density at radius 3 is 2.17 bits per heavy atom. The fraction of sp³-hybridized carbons (Fsp3) is 0.448. The van der Waals surface area contributed by atoms with Crippen LogP contribution in [0.1, 0.15) is 62.3 Å². The van der Waals surface area contributed by atoms with Gasteiger partial charge >= 0.3 is 12.2 Å². The van der Waals surface area contributed by atoms with Gasteiger partial charge in [0.1, 0.15) is 23.2 Å². The van der Waals surface area contributed by atoms with Crippen LogP contribution in [0.4, 0.5) is 29.5 Å². The second-order valence-electron chi connectivity index (χ2n) is 11.6. The monoisotopic (exact) mass is 572 g/mol. The summed E-state index contributed by atoms with van der Waals surface area (Å²) in [6.07, 6.45) is -1.11. The molecule has 0 radical (unpaired) electrons. The Morgan fingerprint density at radius 1 is 1.00 bits per heavy atom. The lowest BCUT2D eigenvalue weighted by Crippen LogP contribution is -2.60. The maximum Gasteiger partial charge on any atom is 0.433 e. The van der Waals surface area contributed by atoms with Crippen LogP contribution in [-0.4, -0.2) is 55.7 Å². The lowest BCUT2D eigenvalue weighted by Gasteiger charge is -2.53. The van der Waals surface area contributed by atoms with Gasteiger partial charge in [-0.3, -0.25) is 19.7 Å². The van der Waals surface area contributed by atoms with Gasteiger partial charge in [-0.1, -0.05) is 12.1 Å². The molecule has 1 fully saturated rings. The van der Waals surface area contributed by atoms with Crippen LogP contribution in [0, 0.1) is 0 Å². The summed E-state index contributed by atoms with van der Waals surface area (Å²) in [5, 5.41) is 8.46. The van der Waals surface area contributed by atoms with Crippen LogP contribution in [0.3, 0.4) is 0 Å². The minimum Gasteiger partial charge on any atom is -0.489 e. The molecule has 9 nitrogen and oxygen atoms in total. The molecule has 12 heteroatoms. The highest BCUT2D eigenvalue weighted by atomic mass is 19.4. The number of rotatable bonds is 7. The third kappa shape index (κ3) is 7.24. The van der Waals surface area contributed by atoms with Crippen LogP contribution in [0.15, 0.2) is 48.7 Å². The Labute approximate surface area is 237 Å². The van der Waals surface area contributed by atoms with Crippen molar-refractivity contribution in [1.82, 2.24) is 19.7 Å². The van der Waals surface area contributed by atoms with Crippen molar-refractivity contribution < 1.29 is 27.5 Å². The fourth-order valence-corrected chi connectivity index (χ4v) is 5.22. The van der Waals surface area contributed by atoms with Crippen molar-refractivity contribution in [2.24, 2.45) is 7.05 Å². The van der Waals surface area contributed by atoms with Gasteiger partial charge in [0.2, 0.25) is 0 Å². The molecule has 0 bridgehead atoms. The Morgan fingerprint density at radius 2 is 1.63 bits per heavy atom. The number of alkyl halides is 3. The van der Waals surface area contributed by atoms with Crippen molar-refractivity contribution in [3.8, 4) is 5.75 Å². The normalized spacial score (nSPS) is 17.2. The van der Waals surface area contributed by atoms with E-state index in [-0.39, 0.29) is 35.2 Å². The van der Waals surface area contributed by atoms with Crippen molar-refractivity contribution in [3.63, 3.8) is 0 Å². The van der Waals surface area contributed by atoms with Crippen LogP contribution < -0.4 is 15.4 Å². The average Bonchev–Trinajstić information content (AvgIpc) is 3.24. The van der Waals surface area contributed by atoms with Crippen LogP contribution >= 0.6 is 0 Å². The van der Waals surface area contributed by atoms with E-state index in [1.807, 2.05) is 0 Å². The zero-order valence-electron chi connectivity index (χ0n) is 24.0. The number of carbonyl (C=O) groups excluding carboxylic acids is 2. The molecule has 1 aliphatic heterocycles. The number of piperidine rings is 1. The van der Waals surface area contributed by atoms with Gasteiger partial charge in [0, 0.05) is 49.1 Å². The van der Waals surface area contributed by atoms with Gasteiger partial charge in [0.05, 0.1) is 6.20 Å². The molecule has 1 aromatic carbocycles. The van der Waals surface area contributed by atoms with E-state index in [2.05, 4.69) is 60.4 Å². The summed E-state index contributed by atoms with van der Waals surface area (Å²) < 4.78 is 45.6. The highest BCUT2D eigenvalue weighted by Crippen LogP contribution is 2.38. The quantitative estimate of drug-likeness (QED) is 0.340. The summed E-state index contributed by atoms with van der Waals surface area (Å²) >= 11 is 0. The maximum atomic E-state index is 12.9. The first kappa shape index (κ1) is 30.0. The molecule has 3 aromatic rings. The number of likely N-dealkylation sites (tertiary alicyclic amines) is 1. The molecule has 0 saturated carbocycles. The van der Waals surface area contributed by atoms with Crippen molar-refractivity contribution >= 4 is 23.3 Å². The zero-order chi connectivity index (χ0) is 30.2. The molecule has 220 valence electrons. The number of benzene rings is 1. The van der Waals surface area contributed by atoms with E-state index in [4.69, 9.17) is 4.74 Å². The summed E-state index contributed by atoms with van der Waals surface area (Å²) in [6, 6.07) is 9.97. The molecule has 41 heavy (non-hydrogen) atoms. The van der Waals surface area contributed by atoms with Crippen LogP contribution in [0.5, 0.6) is 5.75 Å². The zero-order valence-corrected chi connectivity index (χ0v) is 24.0. The third-order valence-electron chi connectivity index (χ3n) is 7.58. The van der Waals surface area contributed by atoms with Gasteiger partial charge < -0.3 is 10.1 Å². The Kier molecular flexibility index (Phi) is 8.17. The number of aryl methyl sites for hydroxylation is 1. The first-order valence-corrected chi connectivity index (χ1v) is 13.2.